The van der Waals surface area contributed by atoms with E-state index in [-0.39, 0.29) is 31.1 Å². The molecule has 170 valence electrons. The van der Waals surface area contributed by atoms with Gasteiger partial charge in [0.1, 0.15) is 6.04 Å². The molecule has 3 amide bonds. The SMILES string of the molecule is CN1CCN(CC(=O)N2CCNC(=O)[C@@H]2CC(=O)Nc2cccc(C(F)(F)F)c2)CC1. The molecule has 1 aromatic carbocycles. The van der Waals surface area contributed by atoms with E-state index >= 15 is 0 Å². The van der Waals surface area contributed by atoms with Gasteiger partial charge in [-0.05, 0) is 25.2 Å². The van der Waals surface area contributed by atoms with E-state index < -0.39 is 29.6 Å². The van der Waals surface area contributed by atoms with Crippen LogP contribution in [0.1, 0.15) is 12.0 Å². The number of carbonyl (C=O) groups excluding carboxylic acids is 3. The molecule has 1 atom stereocenters. The third-order valence-corrected chi connectivity index (χ3v) is 5.46. The van der Waals surface area contributed by atoms with E-state index in [1.54, 1.807) is 0 Å². The third-order valence-electron chi connectivity index (χ3n) is 5.46. The number of likely N-dealkylation sites (N-methyl/N-ethyl adjacent to an activating group) is 1. The second-order valence-electron chi connectivity index (χ2n) is 7.80. The smallest absolute Gasteiger partial charge is 0.353 e. The topological polar surface area (TPSA) is 85.0 Å². The van der Waals surface area contributed by atoms with Gasteiger partial charge in [0.2, 0.25) is 17.7 Å². The Kier molecular flexibility index (Phi) is 7.16. The van der Waals surface area contributed by atoms with Crippen LogP contribution in [-0.2, 0) is 20.6 Å². The number of anilines is 1. The standard InChI is InChI=1S/C20H26F3N5O3/c1-26-7-9-27(10-8-26)13-18(30)28-6-5-24-19(31)16(28)12-17(29)25-15-4-2-3-14(11-15)20(21,22)23/h2-4,11,16H,5-10,12-13H2,1H3,(H,24,31)(H,25,29)/t16-/m0/s1. The second kappa shape index (κ2) is 9.65. The lowest BCUT2D eigenvalue weighted by Crippen LogP contribution is -2.60. The largest absolute Gasteiger partial charge is 0.416 e. The molecule has 2 aliphatic heterocycles. The van der Waals surface area contributed by atoms with Crippen LogP contribution in [0.5, 0.6) is 0 Å². The fraction of sp³-hybridized carbons (Fsp3) is 0.550. The summed E-state index contributed by atoms with van der Waals surface area (Å²) in [4.78, 5) is 43.2. The molecule has 0 spiro atoms. The maximum absolute atomic E-state index is 12.9. The zero-order valence-electron chi connectivity index (χ0n) is 17.2. The zero-order chi connectivity index (χ0) is 22.6. The Balaban J connectivity index is 1.62. The Morgan fingerprint density at radius 3 is 2.55 bits per heavy atom. The van der Waals surface area contributed by atoms with Crippen molar-refractivity contribution in [3.63, 3.8) is 0 Å². The lowest BCUT2D eigenvalue weighted by molar-refractivity contribution is -0.145. The van der Waals surface area contributed by atoms with Gasteiger partial charge in [0.15, 0.2) is 0 Å². The number of amides is 3. The summed E-state index contributed by atoms with van der Waals surface area (Å²) in [5.41, 5.74) is -0.906. The molecule has 0 bridgehead atoms. The van der Waals surface area contributed by atoms with E-state index in [0.717, 1.165) is 38.3 Å². The van der Waals surface area contributed by atoms with Crippen LogP contribution < -0.4 is 10.6 Å². The maximum Gasteiger partial charge on any atom is 0.416 e. The van der Waals surface area contributed by atoms with Crippen LogP contribution in [0.3, 0.4) is 0 Å². The number of carbonyl (C=O) groups is 3. The molecule has 11 heteroatoms. The quantitative estimate of drug-likeness (QED) is 0.700. The Bertz CT molecular complexity index is 825. The number of nitrogens with one attached hydrogen (secondary N) is 2. The van der Waals surface area contributed by atoms with E-state index in [9.17, 15) is 27.6 Å². The monoisotopic (exact) mass is 441 g/mol. The number of benzene rings is 1. The van der Waals surface area contributed by atoms with Gasteiger partial charge in [0.05, 0.1) is 18.5 Å². The average molecular weight is 441 g/mol. The number of hydrogen-bond donors (Lipinski definition) is 2. The van der Waals surface area contributed by atoms with Crippen molar-refractivity contribution in [2.24, 2.45) is 0 Å². The molecule has 2 fully saturated rings. The Morgan fingerprint density at radius 2 is 1.87 bits per heavy atom. The molecular weight excluding hydrogens is 415 g/mol. The van der Waals surface area contributed by atoms with Crippen LogP contribution in [0.4, 0.5) is 18.9 Å². The van der Waals surface area contributed by atoms with E-state index in [0.29, 0.717) is 6.54 Å². The molecule has 0 aromatic heterocycles. The van der Waals surface area contributed by atoms with Crippen molar-refractivity contribution in [1.82, 2.24) is 20.0 Å². The van der Waals surface area contributed by atoms with Gasteiger partial charge in [-0.25, -0.2) is 0 Å². The number of rotatable bonds is 5. The van der Waals surface area contributed by atoms with Crippen LogP contribution in [0.2, 0.25) is 0 Å². The van der Waals surface area contributed by atoms with Crippen molar-refractivity contribution in [3.8, 4) is 0 Å². The second-order valence-corrected chi connectivity index (χ2v) is 7.80. The number of alkyl halides is 3. The number of halogens is 3. The molecule has 2 heterocycles. The molecule has 8 nitrogen and oxygen atoms in total. The lowest BCUT2D eigenvalue weighted by Gasteiger charge is -2.37. The van der Waals surface area contributed by atoms with Crippen LogP contribution in [0.15, 0.2) is 24.3 Å². The molecule has 31 heavy (non-hydrogen) atoms. The first kappa shape index (κ1) is 23.0. The summed E-state index contributed by atoms with van der Waals surface area (Å²) in [5, 5.41) is 5.04. The molecule has 2 saturated heterocycles. The minimum Gasteiger partial charge on any atom is -0.353 e. The van der Waals surface area contributed by atoms with Crippen molar-refractivity contribution in [2.45, 2.75) is 18.6 Å². The fourth-order valence-electron chi connectivity index (χ4n) is 3.67. The Morgan fingerprint density at radius 1 is 1.16 bits per heavy atom. The number of piperazine rings is 2. The minimum absolute atomic E-state index is 0.0219. The first-order valence-corrected chi connectivity index (χ1v) is 10.1. The van der Waals surface area contributed by atoms with Crippen LogP contribution in [0, 0.1) is 0 Å². The Labute approximate surface area is 178 Å². The van der Waals surface area contributed by atoms with Gasteiger partial charge in [-0.1, -0.05) is 6.07 Å². The van der Waals surface area contributed by atoms with Gasteiger partial charge in [-0.15, -0.1) is 0 Å². The van der Waals surface area contributed by atoms with Crippen LogP contribution >= 0.6 is 0 Å². The maximum atomic E-state index is 12.9. The summed E-state index contributed by atoms with van der Waals surface area (Å²) in [6.07, 6.45) is -4.87. The minimum atomic E-state index is -4.53. The summed E-state index contributed by atoms with van der Waals surface area (Å²) in [7, 11) is 2.01. The lowest BCUT2D eigenvalue weighted by atomic mass is 10.1. The summed E-state index contributed by atoms with van der Waals surface area (Å²) in [6, 6.07) is 3.26. The Hall–Kier alpha value is -2.66. The molecule has 3 rings (SSSR count). The molecule has 0 aliphatic carbocycles. The van der Waals surface area contributed by atoms with Crippen molar-refractivity contribution in [1.29, 1.82) is 0 Å². The third kappa shape index (κ3) is 6.17. The molecule has 2 aliphatic rings. The fourth-order valence-corrected chi connectivity index (χ4v) is 3.67. The summed E-state index contributed by atoms with van der Waals surface area (Å²) in [5.74, 6) is -1.33. The predicted octanol–water partition coefficient (Wildman–Crippen LogP) is 0.608. The number of hydrogen-bond acceptors (Lipinski definition) is 5. The number of nitrogens with zero attached hydrogens (tertiary/aromatic N) is 3. The molecular formula is C20H26F3N5O3. The van der Waals surface area contributed by atoms with E-state index in [4.69, 9.17) is 0 Å². The average Bonchev–Trinajstić information content (AvgIpc) is 2.70. The van der Waals surface area contributed by atoms with Gasteiger partial charge in [0.25, 0.3) is 0 Å². The van der Waals surface area contributed by atoms with Crippen molar-refractivity contribution in [2.75, 3.05) is 58.2 Å². The predicted molar refractivity (Wildman–Crippen MR) is 107 cm³/mol. The van der Waals surface area contributed by atoms with E-state index in [1.807, 2.05) is 11.9 Å². The van der Waals surface area contributed by atoms with Gasteiger partial charge in [-0.3, -0.25) is 19.3 Å². The highest BCUT2D eigenvalue weighted by Crippen LogP contribution is 2.30. The van der Waals surface area contributed by atoms with Gasteiger partial charge >= 0.3 is 6.18 Å². The van der Waals surface area contributed by atoms with Crippen molar-refractivity contribution in [3.05, 3.63) is 29.8 Å². The van der Waals surface area contributed by atoms with Crippen LogP contribution in [0.25, 0.3) is 0 Å². The van der Waals surface area contributed by atoms with Crippen molar-refractivity contribution >= 4 is 23.4 Å². The summed E-state index contributed by atoms with van der Waals surface area (Å²) in [6.45, 7) is 3.89. The summed E-state index contributed by atoms with van der Waals surface area (Å²) >= 11 is 0. The molecule has 1 aromatic rings. The summed E-state index contributed by atoms with van der Waals surface area (Å²) < 4.78 is 38.6. The van der Waals surface area contributed by atoms with Crippen LogP contribution in [-0.4, -0.2) is 91.3 Å². The molecule has 0 saturated carbocycles. The molecule has 2 N–H and O–H groups in total. The first-order chi connectivity index (χ1) is 14.6. The van der Waals surface area contributed by atoms with Crippen molar-refractivity contribution < 1.29 is 27.6 Å². The molecule has 0 radical (unpaired) electrons. The highest BCUT2D eigenvalue weighted by atomic mass is 19.4. The highest BCUT2D eigenvalue weighted by Gasteiger charge is 2.35. The van der Waals surface area contributed by atoms with Gasteiger partial charge < -0.3 is 20.4 Å². The zero-order valence-corrected chi connectivity index (χ0v) is 17.2. The van der Waals surface area contributed by atoms with Gasteiger partial charge in [0, 0.05) is 45.0 Å². The normalized spacial score (nSPS) is 21.0. The van der Waals surface area contributed by atoms with E-state index in [1.165, 1.54) is 17.0 Å². The van der Waals surface area contributed by atoms with Gasteiger partial charge in [-0.2, -0.15) is 13.2 Å². The van der Waals surface area contributed by atoms with E-state index in [2.05, 4.69) is 15.5 Å². The first-order valence-electron chi connectivity index (χ1n) is 10.1. The molecule has 0 unspecified atom stereocenters. The highest BCUT2D eigenvalue weighted by molar-refractivity contribution is 5.97.